The number of rotatable bonds is 19. The molecule has 76 heavy (non-hydrogen) atoms. The molecule has 6 aromatic rings. The van der Waals surface area contributed by atoms with Gasteiger partial charge in [-0.1, -0.05) is 62.4 Å². The van der Waals surface area contributed by atoms with E-state index in [-0.39, 0.29) is 47.4 Å². The maximum absolute atomic E-state index is 15.8. The number of benzene rings is 4. The van der Waals surface area contributed by atoms with Gasteiger partial charge in [0.15, 0.2) is 0 Å². The van der Waals surface area contributed by atoms with Crippen molar-refractivity contribution in [2.75, 3.05) is 0 Å². The van der Waals surface area contributed by atoms with E-state index in [0.717, 1.165) is 38.3 Å². The molecule has 2 atom stereocenters. The number of aromatic nitrogens is 4. The Morgan fingerprint density at radius 2 is 0.868 bits per heavy atom. The van der Waals surface area contributed by atoms with E-state index < -0.39 is 112 Å². The molecule has 6 rings (SSSR count). The van der Waals surface area contributed by atoms with Crippen molar-refractivity contribution in [2.24, 2.45) is 34.1 Å². The van der Waals surface area contributed by atoms with E-state index in [4.69, 9.17) is 0 Å². The lowest BCUT2D eigenvalue weighted by molar-refractivity contribution is -0.140. The van der Waals surface area contributed by atoms with Gasteiger partial charge in [-0.05, 0) is 83.8 Å². The van der Waals surface area contributed by atoms with E-state index in [2.05, 4.69) is 10.6 Å². The molecule has 4 N–H and O–H groups in total. The van der Waals surface area contributed by atoms with E-state index in [0.29, 0.717) is 40.1 Å². The fraction of sp³-hybridized carbons (Fsp3) is 0.315. The molecule has 0 saturated heterocycles. The summed E-state index contributed by atoms with van der Waals surface area (Å²) >= 11 is 0. The van der Waals surface area contributed by atoms with E-state index in [1.54, 1.807) is 13.8 Å². The van der Waals surface area contributed by atoms with Gasteiger partial charge in [0.2, 0.25) is 5.91 Å². The standard InChI is InChI=1S/C54H55F4N7O11/c1-27(2)9-18-42(66)65(25-32-19-36(55)45(37(56)20-32)47(67)59-40(51(71)72)23-30-10-14-34(15-11-30)43-28(3)61(5)53(75)63(7)49(43)69)26-33-21-38(57)46(39(58)22-33)48(68)60-41(52(73)74)24-31-12-16-35(17-13-31)44-29(4)62(6)54(76)64(8)50(44)70/h10-17,19-22,27,40-41H,9,18,23-26H2,1-8H3,(H,59,67)(H,60,68)(H,71,72)(H,73,74)/t40-,41-/m0/s1. The van der Waals surface area contributed by atoms with Gasteiger partial charge in [-0.3, -0.25) is 33.1 Å². The number of carbonyl (C=O) groups is 5. The maximum Gasteiger partial charge on any atom is 0.330 e. The third kappa shape index (κ3) is 12.3. The Hall–Kier alpha value is -8.69. The first-order chi connectivity index (χ1) is 35.7. The Kier molecular flexibility index (Phi) is 17.3. The summed E-state index contributed by atoms with van der Waals surface area (Å²) in [5, 5.41) is 24.2. The molecule has 4 aromatic carbocycles. The Bertz CT molecular complexity index is 3280. The van der Waals surface area contributed by atoms with Crippen LogP contribution in [-0.2, 0) is 68.5 Å². The lowest BCUT2D eigenvalue weighted by Gasteiger charge is -2.24. The second-order valence-electron chi connectivity index (χ2n) is 18.9. The zero-order valence-corrected chi connectivity index (χ0v) is 42.7. The average Bonchev–Trinajstić information content (AvgIpc) is 3.35. The maximum atomic E-state index is 15.8. The van der Waals surface area contributed by atoms with E-state index >= 15 is 17.6 Å². The highest BCUT2D eigenvalue weighted by atomic mass is 19.1. The summed E-state index contributed by atoms with van der Waals surface area (Å²) in [5.74, 6) is -12.2. The first-order valence-corrected chi connectivity index (χ1v) is 23.7. The van der Waals surface area contributed by atoms with Crippen LogP contribution in [0.4, 0.5) is 17.6 Å². The molecule has 0 aliphatic rings. The largest absolute Gasteiger partial charge is 0.480 e. The lowest BCUT2D eigenvalue weighted by atomic mass is 10.00. The number of carbonyl (C=O) groups excluding carboxylic acids is 3. The number of aliphatic carboxylic acids is 2. The monoisotopic (exact) mass is 1050 g/mol. The van der Waals surface area contributed by atoms with Crippen molar-refractivity contribution in [3.63, 3.8) is 0 Å². The molecule has 0 fully saturated rings. The SMILES string of the molecule is Cc1c(-c2ccc(C[C@H](NC(=O)c3c(F)cc(CN(Cc4cc(F)c(C(=O)N[C@@H](Cc5ccc(-c6c(C)n(C)c(=O)n(C)c6=O)cc5)C(=O)O)c(F)c4)C(=O)CCC(C)C)cc3F)C(=O)O)cc2)c(=O)n(C)c(=O)n1C. The highest BCUT2D eigenvalue weighted by Gasteiger charge is 2.29. The second-order valence-corrected chi connectivity index (χ2v) is 18.9. The minimum atomic E-state index is -1.69. The summed E-state index contributed by atoms with van der Waals surface area (Å²) in [6.45, 7) is 5.77. The van der Waals surface area contributed by atoms with Crippen LogP contribution in [0.3, 0.4) is 0 Å². The van der Waals surface area contributed by atoms with Crippen molar-refractivity contribution in [3.8, 4) is 22.3 Å². The summed E-state index contributed by atoms with van der Waals surface area (Å²) in [6.07, 6.45) is -0.436. The molecule has 22 heteroatoms. The van der Waals surface area contributed by atoms with Gasteiger partial charge >= 0.3 is 23.3 Å². The molecule has 18 nitrogen and oxygen atoms in total. The van der Waals surface area contributed by atoms with Gasteiger partial charge in [0, 0.05) is 71.9 Å². The molecular weight excluding hydrogens is 999 g/mol. The number of carboxylic acid groups (broad SMARTS) is 2. The van der Waals surface area contributed by atoms with Crippen LogP contribution in [0, 0.1) is 43.0 Å². The molecule has 0 saturated carbocycles. The Balaban J connectivity index is 1.16. The van der Waals surface area contributed by atoms with Gasteiger partial charge in [-0.2, -0.15) is 0 Å². The predicted molar refractivity (Wildman–Crippen MR) is 270 cm³/mol. The number of amides is 3. The molecule has 0 spiro atoms. The van der Waals surface area contributed by atoms with Gasteiger partial charge in [0.1, 0.15) is 46.5 Å². The molecule has 0 aliphatic carbocycles. The third-order valence-electron chi connectivity index (χ3n) is 13.2. The van der Waals surface area contributed by atoms with Gasteiger partial charge < -0.3 is 34.9 Å². The highest BCUT2D eigenvalue weighted by Crippen LogP contribution is 2.25. The molecule has 0 radical (unpaired) electrons. The van der Waals surface area contributed by atoms with Crippen molar-refractivity contribution in [2.45, 2.75) is 78.6 Å². The molecule has 400 valence electrons. The van der Waals surface area contributed by atoms with Crippen LogP contribution in [0.25, 0.3) is 22.3 Å². The van der Waals surface area contributed by atoms with Crippen molar-refractivity contribution in [3.05, 3.63) is 183 Å². The summed E-state index contributed by atoms with van der Waals surface area (Å²) in [5.41, 5.74) is -1.99. The molecule has 3 amide bonds. The first kappa shape index (κ1) is 56.6. The van der Waals surface area contributed by atoms with Crippen molar-refractivity contribution in [1.29, 1.82) is 0 Å². The van der Waals surface area contributed by atoms with Crippen LogP contribution < -0.4 is 33.1 Å². The Labute approximate surface area is 431 Å². The smallest absolute Gasteiger partial charge is 0.330 e. The van der Waals surface area contributed by atoms with Gasteiger partial charge in [0.05, 0.1) is 11.1 Å². The summed E-state index contributed by atoms with van der Waals surface area (Å²) < 4.78 is 67.5. The lowest BCUT2D eigenvalue weighted by Crippen LogP contribution is -2.43. The Morgan fingerprint density at radius 1 is 0.539 bits per heavy atom. The van der Waals surface area contributed by atoms with E-state index in [9.17, 15) is 53.4 Å². The molecule has 2 heterocycles. The van der Waals surface area contributed by atoms with Crippen molar-refractivity contribution < 1.29 is 51.7 Å². The summed E-state index contributed by atoms with van der Waals surface area (Å²) in [6, 6.07) is 11.7. The number of nitrogens with zero attached hydrogens (tertiary/aromatic N) is 5. The molecular formula is C54H55F4N7O11. The number of carboxylic acids is 2. The van der Waals surface area contributed by atoms with Gasteiger partial charge in [-0.25, -0.2) is 36.7 Å². The highest BCUT2D eigenvalue weighted by molar-refractivity contribution is 5.98. The van der Waals surface area contributed by atoms with Crippen LogP contribution in [0.15, 0.2) is 92.0 Å². The van der Waals surface area contributed by atoms with Crippen LogP contribution in [0.1, 0.15) is 81.0 Å². The third-order valence-corrected chi connectivity index (χ3v) is 13.2. The quantitative estimate of drug-likeness (QED) is 0.0804. The molecule has 0 aliphatic heterocycles. The number of hydrogen-bond donors (Lipinski definition) is 4. The Morgan fingerprint density at radius 3 is 1.17 bits per heavy atom. The summed E-state index contributed by atoms with van der Waals surface area (Å²) in [7, 11) is 5.66. The van der Waals surface area contributed by atoms with E-state index in [1.165, 1.54) is 85.9 Å². The molecule has 0 bridgehead atoms. The minimum absolute atomic E-state index is 0.0210. The van der Waals surface area contributed by atoms with Crippen molar-refractivity contribution in [1.82, 2.24) is 33.8 Å². The molecule has 0 unspecified atom stereocenters. The van der Waals surface area contributed by atoms with Crippen LogP contribution in [0.2, 0.25) is 0 Å². The zero-order valence-electron chi connectivity index (χ0n) is 42.7. The minimum Gasteiger partial charge on any atom is -0.480 e. The van der Waals surface area contributed by atoms with Crippen LogP contribution in [0.5, 0.6) is 0 Å². The number of nitrogens with one attached hydrogen (secondary N) is 2. The van der Waals surface area contributed by atoms with Gasteiger partial charge in [0.25, 0.3) is 22.9 Å². The first-order valence-electron chi connectivity index (χ1n) is 23.7. The van der Waals surface area contributed by atoms with Crippen LogP contribution >= 0.6 is 0 Å². The zero-order chi connectivity index (χ0) is 56.2. The molecule has 2 aromatic heterocycles. The fourth-order valence-electron chi connectivity index (χ4n) is 8.61. The number of halogens is 4. The second kappa shape index (κ2) is 23.2. The fourth-order valence-corrected chi connectivity index (χ4v) is 8.61. The van der Waals surface area contributed by atoms with Crippen LogP contribution in [-0.4, -0.2) is 75.1 Å². The number of hydrogen-bond acceptors (Lipinski definition) is 9. The van der Waals surface area contributed by atoms with E-state index in [1.807, 2.05) is 13.8 Å². The average molecular weight is 1050 g/mol. The normalized spacial score (nSPS) is 12.1. The van der Waals surface area contributed by atoms with Gasteiger partial charge in [-0.15, -0.1) is 0 Å². The summed E-state index contributed by atoms with van der Waals surface area (Å²) in [4.78, 5) is 116. The predicted octanol–water partition coefficient (Wildman–Crippen LogP) is 4.81. The van der Waals surface area contributed by atoms with Crippen molar-refractivity contribution >= 4 is 29.7 Å². The topological polar surface area (TPSA) is 241 Å².